The average Bonchev–Trinajstić information content (AvgIpc) is 3.29. The third-order valence-corrected chi connectivity index (χ3v) is 6.29. The van der Waals surface area contributed by atoms with Crippen LogP contribution in [0.1, 0.15) is 43.7 Å². The zero-order valence-electron chi connectivity index (χ0n) is 20.3. The van der Waals surface area contributed by atoms with Crippen LogP contribution in [0, 0.1) is 5.82 Å². The van der Waals surface area contributed by atoms with Crippen LogP contribution in [0.5, 0.6) is 11.5 Å². The molecule has 0 amide bonds. The molecule has 0 saturated carbocycles. The molecule has 0 aliphatic carbocycles. The molecule has 0 saturated heterocycles. The second-order valence-electron chi connectivity index (χ2n) is 8.29. The van der Waals surface area contributed by atoms with E-state index in [0.717, 1.165) is 30.5 Å². The van der Waals surface area contributed by atoms with Gasteiger partial charge in [-0.1, -0.05) is 51.6 Å². The molecule has 37 heavy (non-hydrogen) atoms. The summed E-state index contributed by atoms with van der Waals surface area (Å²) in [6.07, 6.45) is 4.28. The molecule has 0 radical (unpaired) electrons. The lowest BCUT2D eigenvalue weighted by molar-refractivity contribution is 0.0762. The second kappa shape index (κ2) is 14.1. The van der Waals surface area contributed by atoms with Crippen molar-refractivity contribution in [3.05, 3.63) is 67.9 Å². The Kier molecular flexibility index (Phi) is 11.2. The molecule has 0 fully saturated rings. The zero-order valence-corrected chi connectivity index (χ0v) is 23.3. The first kappa shape index (κ1) is 29.3. The van der Waals surface area contributed by atoms with E-state index in [9.17, 15) is 4.39 Å². The fourth-order valence-corrected chi connectivity index (χ4v) is 4.21. The van der Waals surface area contributed by atoms with E-state index in [4.69, 9.17) is 66.6 Å². The molecule has 3 rings (SSSR count). The first-order valence-electron chi connectivity index (χ1n) is 11.5. The first-order valence-corrected chi connectivity index (χ1v) is 13.0. The fraction of sp³-hybridized carbons (Fsp3) is 0.360. The summed E-state index contributed by atoms with van der Waals surface area (Å²) in [5, 5.41) is 10.3. The number of oxime groups is 1. The minimum atomic E-state index is -0.593. The van der Waals surface area contributed by atoms with Gasteiger partial charge in [0, 0.05) is 19.0 Å². The molecule has 200 valence electrons. The number of ether oxygens (including phenoxy) is 2. The summed E-state index contributed by atoms with van der Waals surface area (Å²) in [4.78, 5) is 5.57. The second-order valence-corrected chi connectivity index (χ2v) is 10.1. The van der Waals surface area contributed by atoms with Gasteiger partial charge in [-0.05, 0) is 68.2 Å². The summed E-state index contributed by atoms with van der Waals surface area (Å²) in [7, 11) is 1.65. The van der Waals surface area contributed by atoms with Crippen molar-refractivity contribution in [1.82, 2.24) is 5.12 Å². The van der Waals surface area contributed by atoms with Gasteiger partial charge >= 0.3 is 0 Å². The first-order chi connectivity index (χ1) is 17.6. The molecule has 2 aromatic carbocycles. The van der Waals surface area contributed by atoms with Crippen molar-refractivity contribution in [3.8, 4) is 11.5 Å². The van der Waals surface area contributed by atoms with Gasteiger partial charge < -0.3 is 14.3 Å². The number of benzene rings is 2. The van der Waals surface area contributed by atoms with Crippen LogP contribution in [-0.4, -0.2) is 42.9 Å². The molecular formula is C25H27Cl4FN4O3. The molecule has 1 atom stereocenters. The van der Waals surface area contributed by atoms with Crippen molar-refractivity contribution < 1.29 is 18.7 Å². The standard InChI is InChI=1S/C25H27Cl4FN4O3/c1-15(32-34(2)31)16-6-7-23(20(27)11-16)35-9-4-3-5-17-12-22(33-37-17)18-13-24(21(30)14-19(18)26)36-10-8-25(28)29/h6-8,11,13-14,17H,3-5,9-10,12,31H2,1-2H3/b32-15+. The van der Waals surface area contributed by atoms with E-state index in [1.807, 2.05) is 19.1 Å². The maximum atomic E-state index is 14.2. The van der Waals surface area contributed by atoms with Crippen molar-refractivity contribution in [3.63, 3.8) is 0 Å². The topological polar surface area (TPSA) is 81.7 Å². The smallest absolute Gasteiger partial charge is 0.166 e. The third-order valence-electron chi connectivity index (χ3n) is 5.38. The van der Waals surface area contributed by atoms with Crippen LogP contribution < -0.4 is 15.3 Å². The van der Waals surface area contributed by atoms with E-state index in [2.05, 4.69) is 10.3 Å². The van der Waals surface area contributed by atoms with E-state index in [-0.39, 0.29) is 28.0 Å². The van der Waals surface area contributed by atoms with Gasteiger partial charge in [-0.2, -0.15) is 5.10 Å². The van der Waals surface area contributed by atoms with Crippen LogP contribution in [0.3, 0.4) is 0 Å². The monoisotopic (exact) mass is 590 g/mol. The Morgan fingerprint density at radius 1 is 1.19 bits per heavy atom. The molecule has 0 aromatic heterocycles. The number of hydrogen-bond donors (Lipinski definition) is 1. The molecule has 2 aromatic rings. The lowest BCUT2D eigenvalue weighted by Crippen LogP contribution is -2.21. The quantitative estimate of drug-likeness (QED) is 0.123. The summed E-state index contributed by atoms with van der Waals surface area (Å²) in [6.45, 7) is 2.37. The number of halogens is 5. The lowest BCUT2D eigenvalue weighted by atomic mass is 10.0. The number of hydrazone groups is 1. The van der Waals surface area contributed by atoms with E-state index in [1.54, 1.807) is 13.1 Å². The van der Waals surface area contributed by atoms with Crippen molar-refractivity contribution in [1.29, 1.82) is 0 Å². The minimum absolute atomic E-state index is 0.0170. The van der Waals surface area contributed by atoms with Crippen LogP contribution in [-0.2, 0) is 4.84 Å². The molecule has 7 nitrogen and oxygen atoms in total. The number of hydrazine groups is 1. The van der Waals surface area contributed by atoms with Gasteiger partial charge in [0.25, 0.3) is 0 Å². The third kappa shape index (κ3) is 8.93. The summed E-state index contributed by atoms with van der Waals surface area (Å²) in [6, 6.07) is 8.19. The molecule has 0 spiro atoms. The van der Waals surface area contributed by atoms with Crippen LogP contribution >= 0.6 is 46.4 Å². The minimum Gasteiger partial charge on any atom is -0.492 e. The highest BCUT2D eigenvalue weighted by Gasteiger charge is 2.25. The van der Waals surface area contributed by atoms with Crippen molar-refractivity contribution in [2.75, 3.05) is 20.3 Å². The molecule has 1 heterocycles. The maximum Gasteiger partial charge on any atom is 0.166 e. The average molecular weight is 592 g/mol. The van der Waals surface area contributed by atoms with Crippen LogP contribution in [0.15, 0.2) is 51.2 Å². The van der Waals surface area contributed by atoms with Gasteiger partial charge in [-0.3, -0.25) is 0 Å². The number of hydrogen-bond acceptors (Lipinski definition) is 7. The Morgan fingerprint density at radius 2 is 1.97 bits per heavy atom. The fourth-order valence-electron chi connectivity index (χ4n) is 3.59. The SMILES string of the molecule is C/C(=N\N(C)N)c1ccc(OCCCCC2CC(c3cc(OCC=C(Cl)Cl)c(F)cc3Cl)=NO2)c(Cl)c1. The largest absolute Gasteiger partial charge is 0.492 e. The van der Waals surface area contributed by atoms with E-state index in [0.29, 0.717) is 35.1 Å². The van der Waals surface area contributed by atoms with Gasteiger partial charge in [0.1, 0.15) is 23.0 Å². The zero-order chi connectivity index (χ0) is 26.9. The predicted octanol–water partition coefficient (Wildman–Crippen LogP) is 7.10. The van der Waals surface area contributed by atoms with Gasteiger partial charge in [-0.25, -0.2) is 15.4 Å². The van der Waals surface area contributed by atoms with E-state index >= 15 is 0 Å². The maximum absolute atomic E-state index is 14.2. The van der Waals surface area contributed by atoms with Crippen LogP contribution in [0.2, 0.25) is 10.0 Å². The van der Waals surface area contributed by atoms with E-state index in [1.165, 1.54) is 23.3 Å². The van der Waals surface area contributed by atoms with Crippen LogP contribution in [0.25, 0.3) is 0 Å². The van der Waals surface area contributed by atoms with Crippen molar-refractivity contribution in [2.45, 2.75) is 38.7 Å². The van der Waals surface area contributed by atoms with Crippen molar-refractivity contribution >= 4 is 57.8 Å². The Morgan fingerprint density at radius 3 is 2.68 bits per heavy atom. The number of nitrogens with two attached hydrogens (primary N) is 1. The van der Waals surface area contributed by atoms with Gasteiger partial charge in [0.05, 0.1) is 28.1 Å². The number of unbranched alkanes of at least 4 members (excludes halogenated alkanes) is 1. The highest BCUT2D eigenvalue weighted by Crippen LogP contribution is 2.31. The van der Waals surface area contributed by atoms with Crippen molar-refractivity contribution in [2.24, 2.45) is 16.1 Å². The van der Waals surface area contributed by atoms with Gasteiger partial charge in [0.2, 0.25) is 0 Å². The highest BCUT2D eigenvalue weighted by atomic mass is 35.5. The molecule has 1 aliphatic heterocycles. The molecule has 0 bridgehead atoms. The summed E-state index contributed by atoms with van der Waals surface area (Å²) in [5.41, 5.74) is 2.80. The normalized spacial score (nSPS) is 15.2. The van der Waals surface area contributed by atoms with Crippen LogP contribution in [0.4, 0.5) is 4.39 Å². The highest BCUT2D eigenvalue weighted by molar-refractivity contribution is 6.55. The summed E-state index contributed by atoms with van der Waals surface area (Å²) < 4.78 is 25.5. The Bertz CT molecular complexity index is 1190. The predicted molar refractivity (Wildman–Crippen MR) is 148 cm³/mol. The molecular weight excluding hydrogens is 565 g/mol. The number of nitrogens with zero attached hydrogens (tertiary/aromatic N) is 3. The number of rotatable bonds is 12. The lowest BCUT2D eigenvalue weighted by Gasteiger charge is -2.12. The Balaban J connectivity index is 1.45. The summed E-state index contributed by atoms with van der Waals surface area (Å²) in [5.74, 6) is 5.59. The molecule has 1 aliphatic rings. The molecule has 2 N–H and O–H groups in total. The van der Waals surface area contributed by atoms with Gasteiger partial charge in [-0.15, -0.1) is 0 Å². The molecule has 1 unspecified atom stereocenters. The Hall–Kier alpha value is -2.23. The summed E-state index contributed by atoms with van der Waals surface area (Å²) >= 11 is 23.7. The van der Waals surface area contributed by atoms with Gasteiger partial charge in [0.15, 0.2) is 11.6 Å². The van der Waals surface area contributed by atoms with E-state index < -0.39 is 5.82 Å². The Labute approximate surface area is 235 Å². The molecule has 12 heteroatoms.